The van der Waals surface area contributed by atoms with E-state index in [1.807, 2.05) is 83.1 Å². The smallest absolute Gasteiger partial charge is 0.290 e. The number of fused-ring (bicyclic) bond motifs is 2. The molecule has 7 rings (SSSR count). The number of benzene rings is 2. The summed E-state index contributed by atoms with van der Waals surface area (Å²) in [5.74, 6) is -0.848. The van der Waals surface area contributed by atoms with Crippen LogP contribution in [0.2, 0.25) is 0 Å². The molecule has 0 spiro atoms. The maximum absolute atomic E-state index is 6.56. The minimum atomic E-state index is -1.03. The molecule has 1 aromatic heterocycles. The molecule has 5 heterocycles. The summed E-state index contributed by atoms with van der Waals surface area (Å²) < 4.78 is 6.56. The van der Waals surface area contributed by atoms with Crippen molar-refractivity contribution in [1.29, 1.82) is 0 Å². The van der Waals surface area contributed by atoms with E-state index in [2.05, 4.69) is 9.98 Å². The molecule has 0 saturated heterocycles. The predicted octanol–water partition coefficient (Wildman–Crippen LogP) is 0.0940. The van der Waals surface area contributed by atoms with Crippen LogP contribution in [0.25, 0.3) is 0 Å². The number of para-hydroxylation sites is 4. The summed E-state index contributed by atoms with van der Waals surface area (Å²) in [4.78, 5) is 32.9. The minimum Gasteiger partial charge on any atom is -0.452 e. The second kappa shape index (κ2) is 6.68. The molecule has 33 heavy (non-hydrogen) atoms. The van der Waals surface area contributed by atoms with E-state index in [4.69, 9.17) is 24.4 Å². The number of hydrogen-bond donors (Lipinski definition) is 0. The van der Waals surface area contributed by atoms with Crippen molar-refractivity contribution in [3.8, 4) is 0 Å². The third kappa shape index (κ3) is 2.59. The Balaban J connectivity index is 1.41. The van der Waals surface area contributed by atoms with Crippen molar-refractivity contribution in [3.05, 3.63) is 93.6 Å². The standard InChI is InChI=1S/C24H20N8O/c1-2-6-18-17(5-1)27-23(28-18,31-13-11-25-15-31)21-9-10-22(33-21)24(32-14-12-26-16-32)29-19-7-3-4-8-20(19)30-24/h1-10,15-16H,11-14H2. The quantitative estimate of drug-likeness (QED) is 0.580. The Kier molecular flexibility index (Phi) is 3.73. The van der Waals surface area contributed by atoms with Gasteiger partial charge in [0.25, 0.3) is 11.6 Å². The van der Waals surface area contributed by atoms with Crippen LogP contribution in [0.4, 0.5) is 0 Å². The lowest BCUT2D eigenvalue weighted by Gasteiger charge is -2.32. The number of nitrogens with zero attached hydrogens (tertiary/aromatic N) is 8. The molecule has 0 atom stereocenters. The van der Waals surface area contributed by atoms with Crippen molar-refractivity contribution < 1.29 is 4.42 Å². The zero-order chi connectivity index (χ0) is 21.9. The summed E-state index contributed by atoms with van der Waals surface area (Å²) in [6, 6.07) is 19.6. The molecule has 9 heteroatoms. The molecule has 4 aliphatic heterocycles. The fourth-order valence-electron chi connectivity index (χ4n) is 4.72. The van der Waals surface area contributed by atoms with Gasteiger partial charge in [0, 0.05) is 13.1 Å². The van der Waals surface area contributed by atoms with E-state index >= 15 is 0 Å². The van der Waals surface area contributed by atoms with E-state index in [1.54, 1.807) is 0 Å². The Morgan fingerprint density at radius 2 is 0.970 bits per heavy atom. The van der Waals surface area contributed by atoms with Gasteiger partial charge in [0.05, 0.1) is 47.2 Å². The molecule has 9 nitrogen and oxygen atoms in total. The van der Waals surface area contributed by atoms with Crippen LogP contribution in [0.1, 0.15) is 11.5 Å². The topological polar surface area (TPSA) is 93.8 Å². The Morgan fingerprint density at radius 3 is 1.30 bits per heavy atom. The monoisotopic (exact) mass is 436 g/mol. The van der Waals surface area contributed by atoms with Crippen molar-refractivity contribution >= 4 is 12.7 Å². The fraction of sp³-hybridized carbons (Fsp3) is 0.250. The summed E-state index contributed by atoms with van der Waals surface area (Å²) >= 11 is 0. The van der Waals surface area contributed by atoms with Gasteiger partial charge in [0.2, 0.25) is 0 Å². The molecule has 4 aliphatic rings. The first-order valence-electron chi connectivity index (χ1n) is 11.0. The van der Waals surface area contributed by atoms with Gasteiger partial charge in [0.1, 0.15) is 0 Å². The van der Waals surface area contributed by atoms with E-state index in [-0.39, 0.29) is 0 Å². The molecule has 0 aliphatic carbocycles. The second-order valence-corrected chi connectivity index (χ2v) is 8.29. The van der Waals surface area contributed by atoms with Crippen molar-refractivity contribution in [1.82, 2.24) is 9.80 Å². The van der Waals surface area contributed by atoms with Crippen LogP contribution in [0.3, 0.4) is 0 Å². The van der Waals surface area contributed by atoms with E-state index in [0.717, 1.165) is 21.4 Å². The summed E-state index contributed by atoms with van der Waals surface area (Å²) in [5.41, 5.74) is 0. The summed E-state index contributed by atoms with van der Waals surface area (Å²) in [7, 11) is 0. The highest BCUT2D eigenvalue weighted by Gasteiger charge is 2.47. The first-order chi connectivity index (χ1) is 16.3. The van der Waals surface area contributed by atoms with Crippen LogP contribution in [0.15, 0.2) is 95.0 Å². The molecule has 0 fully saturated rings. The molecule has 0 bridgehead atoms. The number of hydrogen-bond acceptors (Lipinski definition) is 9. The molecule has 0 saturated carbocycles. The van der Waals surface area contributed by atoms with Gasteiger partial charge in [0.15, 0.2) is 11.5 Å². The highest BCUT2D eigenvalue weighted by molar-refractivity contribution is 5.60. The predicted molar refractivity (Wildman–Crippen MR) is 120 cm³/mol. The SMILES string of the molecule is C1=NCCN1C1(c2ccc(C3(N4C=NCC4)N=c4ccccc4=N3)o2)N=c2ccccc2=N1. The van der Waals surface area contributed by atoms with Crippen LogP contribution in [0.5, 0.6) is 0 Å². The number of rotatable bonds is 4. The van der Waals surface area contributed by atoms with Crippen molar-refractivity contribution in [3.63, 3.8) is 0 Å². The summed E-state index contributed by atoms with van der Waals surface area (Å²) in [5, 5.41) is 3.33. The number of furan rings is 1. The Bertz CT molecular complexity index is 1380. The Morgan fingerprint density at radius 1 is 0.576 bits per heavy atom. The number of aliphatic imine (C=N–C) groups is 2. The molecule has 0 radical (unpaired) electrons. The highest BCUT2D eigenvalue weighted by Crippen LogP contribution is 2.39. The third-order valence-electron chi connectivity index (χ3n) is 6.32. The molecule has 162 valence electrons. The van der Waals surface area contributed by atoms with Crippen LogP contribution >= 0.6 is 0 Å². The lowest BCUT2D eigenvalue weighted by atomic mass is 10.2. The fourth-order valence-corrected chi connectivity index (χ4v) is 4.72. The van der Waals surface area contributed by atoms with Crippen molar-refractivity contribution in [2.24, 2.45) is 30.0 Å². The van der Waals surface area contributed by atoms with E-state index < -0.39 is 11.6 Å². The van der Waals surface area contributed by atoms with Crippen LogP contribution in [-0.4, -0.2) is 48.7 Å². The second-order valence-electron chi connectivity index (χ2n) is 8.29. The van der Waals surface area contributed by atoms with Gasteiger partial charge >= 0.3 is 0 Å². The first kappa shape index (κ1) is 18.4. The van der Waals surface area contributed by atoms with E-state index in [0.29, 0.717) is 37.7 Å². The van der Waals surface area contributed by atoms with Crippen molar-refractivity contribution in [2.45, 2.75) is 11.6 Å². The van der Waals surface area contributed by atoms with Gasteiger partial charge < -0.3 is 14.2 Å². The van der Waals surface area contributed by atoms with Crippen LogP contribution in [0, 0.1) is 0 Å². The molecule has 0 unspecified atom stereocenters. The minimum absolute atomic E-state index is 0.610. The highest BCUT2D eigenvalue weighted by atomic mass is 16.4. The lowest BCUT2D eigenvalue weighted by Crippen LogP contribution is -2.42. The maximum atomic E-state index is 6.56. The summed E-state index contributed by atoms with van der Waals surface area (Å²) in [6.07, 6.45) is 3.62. The maximum Gasteiger partial charge on any atom is 0.290 e. The molecular formula is C24H20N8O. The van der Waals surface area contributed by atoms with E-state index in [1.165, 1.54) is 0 Å². The average molecular weight is 436 g/mol. The molecule has 0 N–H and O–H groups in total. The lowest BCUT2D eigenvalue weighted by molar-refractivity contribution is 0.138. The van der Waals surface area contributed by atoms with Gasteiger partial charge in [-0.15, -0.1) is 0 Å². The molecule has 0 amide bonds. The zero-order valence-corrected chi connectivity index (χ0v) is 17.7. The van der Waals surface area contributed by atoms with Gasteiger partial charge in [-0.2, -0.15) is 0 Å². The molecule has 3 aromatic rings. The largest absolute Gasteiger partial charge is 0.452 e. The van der Waals surface area contributed by atoms with Gasteiger partial charge in [-0.05, 0) is 36.4 Å². The Hall–Kier alpha value is -4.14. The third-order valence-corrected chi connectivity index (χ3v) is 6.32. The van der Waals surface area contributed by atoms with Gasteiger partial charge in [-0.1, -0.05) is 24.3 Å². The average Bonchev–Trinajstić information content (AvgIpc) is 3.68. The van der Waals surface area contributed by atoms with Gasteiger partial charge in [-0.3, -0.25) is 9.98 Å². The first-order valence-corrected chi connectivity index (χ1v) is 11.0. The van der Waals surface area contributed by atoms with Crippen molar-refractivity contribution in [2.75, 3.05) is 26.2 Å². The molecule has 2 aromatic carbocycles. The van der Waals surface area contributed by atoms with Crippen LogP contribution in [-0.2, 0) is 11.6 Å². The zero-order valence-electron chi connectivity index (χ0n) is 17.7. The van der Waals surface area contributed by atoms with Crippen LogP contribution < -0.4 is 21.4 Å². The van der Waals surface area contributed by atoms with E-state index in [9.17, 15) is 0 Å². The summed E-state index contributed by atoms with van der Waals surface area (Å²) in [6.45, 7) is 2.82. The van der Waals surface area contributed by atoms with Gasteiger partial charge in [-0.25, -0.2) is 20.0 Å². The molecular weight excluding hydrogens is 416 g/mol. The normalized spacial score (nSPS) is 20.7. The Labute approximate surface area is 188 Å².